The molecule has 5 heteroatoms. The number of hydrogen-bond donors (Lipinski definition) is 0. The van der Waals surface area contributed by atoms with E-state index in [0.717, 1.165) is 47.6 Å². The monoisotopic (exact) mass is 308 g/mol. The summed E-state index contributed by atoms with van der Waals surface area (Å²) in [5.41, 5.74) is 0. The summed E-state index contributed by atoms with van der Waals surface area (Å²) in [5.74, 6) is 5.83. The zero-order valence-corrected chi connectivity index (χ0v) is 14.1. The van der Waals surface area contributed by atoms with Gasteiger partial charge in [0.05, 0.1) is 24.6 Å². The van der Waals surface area contributed by atoms with Crippen molar-refractivity contribution < 1.29 is 8.83 Å². The molecule has 0 aliphatic rings. The molecule has 21 heavy (non-hydrogen) atoms. The summed E-state index contributed by atoms with van der Waals surface area (Å²) in [6.07, 6.45) is 0. The third-order valence-electron chi connectivity index (χ3n) is 2.87. The van der Waals surface area contributed by atoms with E-state index < -0.39 is 0 Å². The minimum Gasteiger partial charge on any atom is -0.464 e. The Labute approximate surface area is 131 Å². The van der Waals surface area contributed by atoms with Gasteiger partial charge in [0, 0.05) is 0 Å². The zero-order valence-electron chi connectivity index (χ0n) is 13.3. The van der Waals surface area contributed by atoms with Gasteiger partial charge in [0.1, 0.15) is 23.0 Å². The van der Waals surface area contributed by atoms with Crippen molar-refractivity contribution in [2.45, 2.75) is 24.6 Å². The van der Waals surface area contributed by atoms with Gasteiger partial charge >= 0.3 is 0 Å². The first-order valence-corrected chi connectivity index (χ1v) is 8.21. The lowest BCUT2D eigenvalue weighted by Crippen LogP contribution is -2.09. The van der Waals surface area contributed by atoms with Crippen LogP contribution < -0.4 is 0 Å². The van der Waals surface area contributed by atoms with Crippen molar-refractivity contribution in [2.75, 3.05) is 28.2 Å². The Morgan fingerprint density at radius 2 is 1.10 bits per heavy atom. The molecule has 0 unspecified atom stereocenters. The minimum atomic E-state index is 0.844. The third kappa shape index (κ3) is 5.61. The molecule has 2 aromatic heterocycles. The van der Waals surface area contributed by atoms with Crippen LogP contribution >= 0.6 is 11.8 Å². The second kappa shape index (κ2) is 7.73. The van der Waals surface area contributed by atoms with Crippen molar-refractivity contribution in [2.24, 2.45) is 0 Å². The molecule has 0 saturated heterocycles. The molecule has 0 N–H and O–H groups in total. The van der Waals surface area contributed by atoms with E-state index in [0.29, 0.717) is 0 Å². The van der Waals surface area contributed by atoms with Gasteiger partial charge in [-0.2, -0.15) is 0 Å². The number of hydrogen-bond acceptors (Lipinski definition) is 5. The van der Waals surface area contributed by atoms with E-state index in [1.807, 2.05) is 40.0 Å². The average Bonchev–Trinajstić information content (AvgIpc) is 2.98. The molecule has 0 aromatic carbocycles. The van der Waals surface area contributed by atoms with Gasteiger partial charge < -0.3 is 18.6 Å². The van der Waals surface area contributed by atoms with Gasteiger partial charge in [-0.3, -0.25) is 0 Å². The maximum Gasteiger partial charge on any atom is 0.118 e. The van der Waals surface area contributed by atoms with E-state index in [1.54, 1.807) is 0 Å². The normalized spacial score (nSPS) is 11.7. The molecule has 0 radical (unpaired) electrons. The summed E-state index contributed by atoms with van der Waals surface area (Å²) in [6, 6.07) is 8.23. The van der Waals surface area contributed by atoms with Crippen LogP contribution in [0.5, 0.6) is 0 Å². The minimum absolute atomic E-state index is 0.844. The van der Waals surface area contributed by atoms with Crippen molar-refractivity contribution in [3.05, 3.63) is 47.3 Å². The van der Waals surface area contributed by atoms with Crippen LogP contribution in [-0.4, -0.2) is 38.0 Å². The molecular formula is C16H24N2O2S. The van der Waals surface area contributed by atoms with Crippen LogP contribution in [0.15, 0.2) is 33.1 Å². The van der Waals surface area contributed by atoms with Gasteiger partial charge in [-0.25, -0.2) is 0 Å². The smallest absolute Gasteiger partial charge is 0.118 e. The third-order valence-corrected chi connectivity index (χ3v) is 3.84. The first kappa shape index (κ1) is 16.2. The summed E-state index contributed by atoms with van der Waals surface area (Å²) < 4.78 is 11.6. The zero-order chi connectivity index (χ0) is 15.2. The number of nitrogens with zero attached hydrogens (tertiary/aromatic N) is 2. The van der Waals surface area contributed by atoms with Gasteiger partial charge in [0.15, 0.2) is 0 Å². The molecule has 0 aliphatic carbocycles. The molecule has 2 rings (SSSR count). The molecule has 0 amide bonds. The van der Waals surface area contributed by atoms with Crippen LogP contribution in [0.3, 0.4) is 0 Å². The molecule has 4 nitrogen and oxygen atoms in total. The predicted molar refractivity (Wildman–Crippen MR) is 87.2 cm³/mol. The first-order valence-electron chi connectivity index (χ1n) is 7.05. The largest absolute Gasteiger partial charge is 0.464 e. The fourth-order valence-electron chi connectivity index (χ4n) is 2.05. The van der Waals surface area contributed by atoms with E-state index in [-0.39, 0.29) is 0 Å². The maximum atomic E-state index is 5.79. The predicted octanol–water partition coefficient (Wildman–Crippen LogP) is 3.43. The Hall–Kier alpha value is -1.17. The Kier molecular flexibility index (Phi) is 5.96. The van der Waals surface area contributed by atoms with E-state index >= 15 is 0 Å². The summed E-state index contributed by atoms with van der Waals surface area (Å²) in [4.78, 5) is 4.20. The first-order chi connectivity index (χ1) is 10.0. The fourth-order valence-corrected chi connectivity index (χ4v) is 2.86. The van der Waals surface area contributed by atoms with Crippen molar-refractivity contribution in [3.8, 4) is 0 Å². The highest BCUT2D eigenvalue weighted by Gasteiger charge is 2.06. The molecule has 0 aliphatic heterocycles. The number of rotatable bonds is 8. The van der Waals surface area contributed by atoms with Crippen LogP contribution in [0.1, 0.15) is 23.0 Å². The molecule has 0 saturated carbocycles. The molecule has 116 valence electrons. The average molecular weight is 308 g/mol. The Morgan fingerprint density at radius 1 is 0.714 bits per heavy atom. The summed E-state index contributed by atoms with van der Waals surface area (Å²) in [7, 11) is 8.16. The van der Waals surface area contributed by atoms with Gasteiger partial charge in [0.25, 0.3) is 0 Å². The highest BCUT2D eigenvalue weighted by molar-refractivity contribution is 7.97. The van der Waals surface area contributed by atoms with Crippen LogP contribution in [0, 0.1) is 0 Å². The lowest BCUT2D eigenvalue weighted by Gasteiger charge is -2.06. The van der Waals surface area contributed by atoms with Gasteiger partial charge in [-0.15, -0.1) is 11.8 Å². The standard InChI is InChI=1S/C16H24N2O2S/c1-17(2)9-13-5-7-15(19-13)11-21-12-16-8-6-14(20-16)10-18(3)4/h5-8H,9-12H2,1-4H3. The van der Waals surface area contributed by atoms with Crippen LogP contribution in [-0.2, 0) is 24.6 Å². The van der Waals surface area contributed by atoms with Crippen molar-refractivity contribution >= 4 is 11.8 Å². The quantitative estimate of drug-likeness (QED) is 0.746. The Balaban J connectivity index is 1.76. The molecule has 2 aromatic rings. The SMILES string of the molecule is CN(C)Cc1ccc(CSCc2ccc(CN(C)C)o2)o1. The van der Waals surface area contributed by atoms with Crippen LogP contribution in [0.4, 0.5) is 0 Å². The van der Waals surface area contributed by atoms with Gasteiger partial charge in [0.2, 0.25) is 0 Å². The molecule has 0 atom stereocenters. The molecular weight excluding hydrogens is 284 g/mol. The van der Waals surface area contributed by atoms with Gasteiger partial charge in [-0.1, -0.05) is 0 Å². The second-order valence-corrected chi connectivity index (χ2v) is 6.69. The topological polar surface area (TPSA) is 32.8 Å². The van der Waals surface area contributed by atoms with E-state index in [2.05, 4.69) is 34.1 Å². The lowest BCUT2D eigenvalue weighted by atomic mass is 10.4. The molecule has 0 bridgehead atoms. The number of thioether (sulfide) groups is 1. The molecule has 2 heterocycles. The maximum absolute atomic E-state index is 5.79. The summed E-state index contributed by atoms with van der Waals surface area (Å²) >= 11 is 1.81. The van der Waals surface area contributed by atoms with Crippen molar-refractivity contribution in [1.29, 1.82) is 0 Å². The number of furan rings is 2. The van der Waals surface area contributed by atoms with Crippen LogP contribution in [0.2, 0.25) is 0 Å². The second-order valence-electron chi connectivity index (χ2n) is 5.70. The van der Waals surface area contributed by atoms with Crippen molar-refractivity contribution in [3.63, 3.8) is 0 Å². The van der Waals surface area contributed by atoms with E-state index in [1.165, 1.54) is 0 Å². The lowest BCUT2D eigenvalue weighted by molar-refractivity contribution is 0.344. The summed E-state index contributed by atoms with van der Waals surface area (Å²) in [5, 5.41) is 0. The fraction of sp³-hybridized carbons (Fsp3) is 0.500. The van der Waals surface area contributed by atoms with Crippen molar-refractivity contribution in [1.82, 2.24) is 9.80 Å². The Morgan fingerprint density at radius 3 is 1.48 bits per heavy atom. The Bertz CT molecular complexity index is 498. The van der Waals surface area contributed by atoms with E-state index in [9.17, 15) is 0 Å². The highest BCUT2D eigenvalue weighted by atomic mass is 32.2. The molecule has 0 fully saturated rings. The van der Waals surface area contributed by atoms with Crippen LogP contribution in [0.25, 0.3) is 0 Å². The van der Waals surface area contributed by atoms with E-state index in [4.69, 9.17) is 8.83 Å². The highest BCUT2D eigenvalue weighted by Crippen LogP contribution is 2.21. The van der Waals surface area contributed by atoms with Gasteiger partial charge in [-0.05, 0) is 52.5 Å². The molecule has 0 spiro atoms. The summed E-state index contributed by atoms with van der Waals surface area (Å²) in [6.45, 7) is 1.69.